The molecule has 2 unspecified atom stereocenters. The number of carbonyl (C=O) groups is 2. The number of hydrogen-bond acceptors (Lipinski definition) is 5. The van der Waals surface area contributed by atoms with Crippen LogP contribution >= 0.6 is 0 Å². The van der Waals surface area contributed by atoms with Crippen molar-refractivity contribution in [1.82, 2.24) is 5.32 Å². The monoisotopic (exact) mass is 1130 g/mol. The Morgan fingerprint density at radius 1 is 0.300 bits per heavy atom. The minimum absolute atomic E-state index is 0.0263. The van der Waals surface area contributed by atoms with E-state index in [0.29, 0.717) is 25.9 Å². The van der Waals surface area contributed by atoms with Crippen molar-refractivity contribution in [1.29, 1.82) is 0 Å². The summed E-state index contributed by atoms with van der Waals surface area (Å²) in [6, 6.07) is -0.537. The number of nitrogens with one attached hydrogen (secondary N) is 1. The lowest BCUT2D eigenvalue weighted by Crippen LogP contribution is -2.45. The molecule has 0 aliphatic carbocycles. The lowest BCUT2D eigenvalue weighted by Gasteiger charge is -2.22. The van der Waals surface area contributed by atoms with Gasteiger partial charge in [0.1, 0.15) is 0 Å². The van der Waals surface area contributed by atoms with Crippen LogP contribution in [0.2, 0.25) is 0 Å². The smallest absolute Gasteiger partial charge is 0.305 e. The second kappa shape index (κ2) is 70.3. The average Bonchev–Trinajstić information content (AvgIpc) is 3.46. The van der Waals surface area contributed by atoms with Gasteiger partial charge in [0.05, 0.1) is 25.4 Å². The van der Waals surface area contributed by atoms with Crippen molar-refractivity contribution in [2.75, 3.05) is 13.2 Å². The molecule has 3 N–H and O–H groups in total. The molecule has 0 bridgehead atoms. The summed E-state index contributed by atoms with van der Waals surface area (Å²) in [5.74, 6) is -0.00120. The minimum atomic E-state index is -0.660. The van der Waals surface area contributed by atoms with Gasteiger partial charge in [-0.15, -0.1) is 0 Å². The molecule has 6 nitrogen and oxygen atoms in total. The molecule has 478 valence electrons. The molecule has 0 aromatic heterocycles. The molecule has 0 rings (SSSR count). The average molecular weight is 1130 g/mol. The Balaban J connectivity index is 3.29. The van der Waals surface area contributed by atoms with E-state index in [1.165, 1.54) is 366 Å². The van der Waals surface area contributed by atoms with Gasteiger partial charge in [-0.05, 0) is 25.7 Å². The number of amides is 1. The number of aliphatic hydroxyl groups is 2. The van der Waals surface area contributed by atoms with Gasteiger partial charge in [0, 0.05) is 12.8 Å². The standard InChI is InChI=1S/C74H147NO5/c1-3-5-7-9-11-13-15-17-19-20-33-37-40-44-48-52-56-60-64-68-74(79)80-69-65-61-57-53-49-45-41-38-35-32-30-28-26-24-22-21-23-25-27-29-31-34-36-39-43-47-51-55-59-63-67-73(78)75-71(70-76)72(77)66-62-58-54-50-46-42-18-16-14-12-10-8-6-4-2/h71-72,76-77H,3-70H2,1-2H3,(H,75,78). The Hall–Kier alpha value is -1.14. The van der Waals surface area contributed by atoms with E-state index in [-0.39, 0.29) is 18.5 Å². The Morgan fingerprint density at radius 3 is 0.762 bits per heavy atom. The number of carbonyl (C=O) groups excluding carboxylic acids is 2. The molecule has 6 heteroatoms. The van der Waals surface area contributed by atoms with Crippen LogP contribution in [0.5, 0.6) is 0 Å². The molecule has 0 saturated carbocycles. The molecule has 0 aliphatic rings. The van der Waals surface area contributed by atoms with Crippen molar-refractivity contribution in [3.8, 4) is 0 Å². The van der Waals surface area contributed by atoms with Crippen LogP contribution in [0.3, 0.4) is 0 Å². The lowest BCUT2D eigenvalue weighted by molar-refractivity contribution is -0.143. The summed E-state index contributed by atoms with van der Waals surface area (Å²) >= 11 is 0. The summed E-state index contributed by atoms with van der Waals surface area (Å²) in [6.07, 6.45) is 86.1. The third-order valence-corrected chi connectivity index (χ3v) is 17.9. The summed E-state index contributed by atoms with van der Waals surface area (Å²) in [7, 11) is 0. The zero-order valence-electron chi connectivity index (χ0n) is 54.9. The van der Waals surface area contributed by atoms with Gasteiger partial charge in [-0.1, -0.05) is 399 Å². The molecule has 0 heterocycles. The fourth-order valence-electron chi connectivity index (χ4n) is 12.2. The highest BCUT2D eigenvalue weighted by Crippen LogP contribution is 2.20. The van der Waals surface area contributed by atoms with Gasteiger partial charge < -0.3 is 20.3 Å². The molecule has 0 aliphatic heterocycles. The van der Waals surface area contributed by atoms with Crippen LogP contribution in [-0.2, 0) is 14.3 Å². The lowest BCUT2D eigenvalue weighted by atomic mass is 10.0. The first-order valence-corrected chi connectivity index (χ1v) is 37.3. The molecule has 0 fully saturated rings. The Morgan fingerprint density at radius 2 is 0.512 bits per heavy atom. The number of hydrogen-bond donors (Lipinski definition) is 3. The van der Waals surface area contributed by atoms with Crippen LogP contribution in [0, 0.1) is 0 Å². The van der Waals surface area contributed by atoms with E-state index in [9.17, 15) is 19.8 Å². The van der Waals surface area contributed by atoms with Crippen LogP contribution in [0.4, 0.5) is 0 Å². The third-order valence-electron chi connectivity index (χ3n) is 17.9. The van der Waals surface area contributed by atoms with E-state index < -0.39 is 12.1 Å². The van der Waals surface area contributed by atoms with Gasteiger partial charge in [-0.3, -0.25) is 9.59 Å². The van der Waals surface area contributed by atoms with Crippen LogP contribution in [0.15, 0.2) is 0 Å². The first-order chi connectivity index (χ1) is 39.5. The van der Waals surface area contributed by atoms with E-state index in [2.05, 4.69) is 19.2 Å². The molecule has 0 radical (unpaired) electrons. The van der Waals surface area contributed by atoms with Crippen LogP contribution in [0.1, 0.15) is 438 Å². The van der Waals surface area contributed by atoms with Crippen molar-refractivity contribution in [2.45, 2.75) is 450 Å². The van der Waals surface area contributed by atoms with E-state index in [4.69, 9.17) is 4.74 Å². The number of esters is 1. The zero-order chi connectivity index (χ0) is 57.8. The molecule has 1 amide bonds. The molecule has 2 atom stereocenters. The minimum Gasteiger partial charge on any atom is -0.466 e. The largest absolute Gasteiger partial charge is 0.466 e. The van der Waals surface area contributed by atoms with Gasteiger partial charge in [-0.25, -0.2) is 0 Å². The van der Waals surface area contributed by atoms with Crippen LogP contribution in [0.25, 0.3) is 0 Å². The molecule has 80 heavy (non-hydrogen) atoms. The van der Waals surface area contributed by atoms with Gasteiger partial charge >= 0.3 is 5.97 Å². The summed E-state index contributed by atoms with van der Waals surface area (Å²) in [4.78, 5) is 24.6. The van der Waals surface area contributed by atoms with Crippen LogP contribution < -0.4 is 5.32 Å². The second-order valence-corrected chi connectivity index (χ2v) is 26.0. The zero-order valence-corrected chi connectivity index (χ0v) is 54.9. The van der Waals surface area contributed by atoms with Crippen molar-refractivity contribution in [2.24, 2.45) is 0 Å². The third kappa shape index (κ3) is 66.0. The summed E-state index contributed by atoms with van der Waals surface area (Å²) < 4.78 is 5.52. The molecule has 0 aromatic carbocycles. The number of aliphatic hydroxyl groups excluding tert-OH is 2. The maximum Gasteiger partial charge on any atom is 0.305 e. The van der Waals surface area contributed by atoms with Gasteiger partial charge in [0.25, 0.3) is 0 Å². The maximum absolute atomic E-state index is 12.5. The first-order valence-electron chi connectivity index (χ1n) is 37.3. The van der Waals surface area contributed by atoms with E-state index in [1.807, 2.05) is 0 Å². The number of unbranched alkanes of at least 4 members (excludes halogenated alkanes) is 60. The van der Waals surface area contributed by atoms with Crippen molar-refractivity contribution < 1.29 is 24.5 Å². The van der Waals surface area contributed by atoms with E-state index in [1.54, 1.807) is 0 Å². The predicted molar refractivity (Wildman–Crippen MR) is 352 cm³/mol. The number of rotatable bonds is 71. The van der Waals surface area contributed by atoms with Crippen molar-refractivity contribution >= 4 is 11.9 Å². The number of ether oxygens (including phenoxy) is 1. The van der Waals surface area contributed by atoms with Gasteiger partial charge in [0.2, 0.25) is 5.91 Å². The van der Waals surface area contributed by atoms with Gasteiger partial charge in [-0.2, -0.15) is 0 Å². The summed E-state index contributed by atoms with van der Waals surface area (Å²) in [6.45, 7) is 5.01. The molecular formula is C74H147NO5. The Labute approximate surface area is 502 Å². The van der Waals surface area contributed by atoms with Crippen LogP contribution in [-0.4, -0.2) is 47.4 Å². The van der Waals surface area contributed by atoms with Crippen molar-refractivity contribution in [3.63, 3.8) is 0 Å². The molecule has 0 aromatic rings. The SMILES string of the molecule is CCCCCCCCCCCCCCCCCCCCCC(=O)OCCCCCCCCCCCCCCCCCCCCCCCCCCCCCCCCC(=O)NC(CO)C(O)CCCCCCCCCCCCCCCC. The topological polar surface area (TPSA) is 95.9 Å². The highest BCUT2D eigenvalue weighted by atomic mass is 16.5. The highest BCUT2D eigenvalue weighted by Gasteiger charge is 2.20. The quantitative estimate of drug-likeness (QED) is 0.0417. The highest BCUT2D eigenvalue weighted by molar-refractivity contribution is 5.76. The summed E-state index contributed by atoms with van der Waals surface area (Å²) in [5.41, 5.74) is 0. The van der Waals surface area contributed by atoms with Crippen molar-refractivity contribution in [3.05, 3.63) is 0 Å². The normalized spacial score (nSPS) is 12.4. The molecular weight excluding hydrogens is 983 g/mol. The maximum atomic E-state index is 12.5. The Bertz CT molecular complexity index is 1160. The predicted octanol–water partition coefficient (Wildman–Crippen LogP) is 24.2. The molecule has 0 spiro atoms. The first kappa shape index (κ1) is 78.9. The molecule has 0 saturated heterocycles. The summed E-state index contributed by atoms with van der Waals surface area (Å²) in [5, 5.41) is 23.3. The fraction of sp³-hybridized carbons (Fsp3) is 0.973. The van der Waals surface area contributed by atoms with E-state index in [0.717, 1.165) is 38.5 Å². The fourth-order valence-corrected chi connectivity index (χ4v) is 12.2. The van der Waals surface area contributed by atoms with E-state index >= 15 is 0 Å². The van der Waals surface area contributed by atoms with Gasteiger partial charge in [0.15, 0.2) is 0 Å². The Kier molecular flexibility index (Phi) is 69.3. The second-order valence-electron chi connectivity index (χ2n) is 26.0.